The third-order valence-corrected chi connectivity index (χ3v) is 4.86. The van der Waals surface area contributed by atoms with Gasteiger partial charge in [0.1, 0.15) is 0 Å². The highest BCUT2D eigenvalue weighted by Crippen LogP contribution is 2.28. The van der Waals surface area contributed by atoms with Crippen LogP contribution >= 0.6 is 0 Å². The standard InChI is InChI=1S/C16H33N3O/c1-5-19(6-2)16(20)11-15(12-17)18(4)14-9-7-8-13(3)10-14/h13-15H,5-12,17H2,1-4H3. The minimum absolute atomic E-state index is 0.179. The molecule has 1 saturated carbocycles. The maximum atomic E-state index is 12.3. The van der Waals surface area contributed by atoms with Gasteiger partial charge in [-0.05, 0) is 39.7 Å². The molecule has 0 aliphatic heterocycles. The Morgan fingerprint density at radius 1 is 1.30 bits per heavy atom. The van der Waals surface area contributed by atoms with Crippen molar-refractivity contribution in [1.29, 1.82) is 0 Å². The van der Waals surface area contributed by atoms with Gasteiger partial charge in [0.25, 0.3) is 0 Å². The molecule has 1 aliphatic rings. The summed E-state index contributed by atoms with van der Waals surface area (Å²) < 4.78 is 0. The summed E-state index contributed by atoms with van der Waals surface area (Å²) in [6.07, 6.45) is 5.69. The highest BCUT2D eigenvalue weighted by Gasteiger charge is 2.28. The lowest BCUT2D eigenvalue weighted by atomic mass is 9.85. The molecule has 3 atom stereocenters. The highest BCUT2D eigenvalue weighted by molar-refractivity contribution is 5.76. The monoisotopic (exact) mass is 283 g/mol. The van der Waals surface area contributed by atoms with Crippen LogP contribution in [0, 0.1) is 5.92 Å². The Morgan fingerprint density at radius 2 is 1.95 bits per heavy atom. The van der Waals surface area contributed by atoms with E-state index in [1.165, 1.54) is 25.7 Å². The number of hydrogen-bond donors (Lipinski definition) is 1. The maximum Gasteiger partial charge on any atom is 0.224 e. The fourth-order valence-corrected chi connectivity index (χ4v) is 3.37. The molecule has 1 aliphatic carbocycles. The molecule has 4 nitrogen and oxygen atoms in total. The second kappa shape index (κ2) is 8.63. The van der Waals surface area contributed by atoms with Crippen molar-refractivity contribution < 1.29 is 4.79 Å². The van der Waals surface area contributed by atoms with Crippen LogP contribution in [0.3, 0.4) is 0 Å². The average Bonchev–Trinajstić information content (AvgIpc) is 2.45. The van der Waals surface area contributed by atoms with Crippen LogP contribution in [-0.2, 0) is 4.79 Å². The minimum atomic E-state index is 0.179. The molecule has 2 N–H and O–H groups in total. The summed E-state index contributed by atoms with van der Waals surface area (Å²) in [5, 5.41) is 0. The minimum Gasteiger partial charge on any atom is -0.343 e. The van der Waals surface area contributed by atoms with Crippen LogP contribution < -0.4 is 5.73 Å². The van der Waals surface area contributed by atoms with Crippen molar-refractivity contribution in [3.63, 3.8) is 0 Å². The number of carbonyl (C=O) groups is 1. The summed E-state index contributed by atoms with van der Waals surface area (Å²) in [7, 11) is 2.15. The molecule has 0 spiro atoms. The van der Waals surface area contributed by atoms with Crippen molar-refractivity contribution in [2.75, 3.05) is 26.7 Å². The van der Waals surface area contributed by atoms with Crippen molar-refractivity contribution in [3.05, 3.63) is 0 Å². The SMILES string of the molecule is CCN(CC)C(=O)CC(CN)N(C)C1CCCC(C)C1. The van der Waals surface area contributed by atoms with E-state index >= 15 is 0 Å². The Labute approximate surface area is 124 Å². The number of amides is 1. The zero-order chi connectivity index (χ0) is 15.1. The molecule has 3 unspecified atom stereocenters. The maximum absolute atomic E-state index is 12.3. The molecule has 1 rings (SSSR count). The molecule has 20 heavy (non-hydrogen) atoms. The van der Waals surface area contributed by atoms with Crippen LogP contribution in [0.4, 0.5) is 0 Å². The first-order chi connectivity index (χ1) is 9.53. The van der Waals surface area contributed by atoms with E-state index in [0.717, 1.165) is 19.0 Å². The zero-order valence-corrected chi connectivity index (χ0v) is 13.8. The molecule has 0 aromatic carbocycles. The van der Waals surface area contributed by atoms with E-state index in [1.54, 1.807) is 0 Å². The van der Waals surface area contributed by atoms with Gasteiger partial charge in [-0.15, -0.1) is 0 Å². The summed E-state index contributed by atoms with van der Waals surface area (Å²) in [5.41, 5.74) is 5.93. The summed E-state index contributed by atoms with van der Waals surface area (Å²) in [6, 6.07) is 0.773. The van der Waals surface area contributed by atoms with Gasteiger partial charge in [0.2, 0.25) is 5.91 Å². The quantitative estimate of drug-likeness (QED) is 0.778. The summed E-state index contributed by atoms with van der Waals surface area (Å²) in [4.78, 5) is 16.5. The van der Waals surface area contributed by atoms with Gasteiger partial charge in [0.15, 0.2) is 0 Å². The van der Waals surface area contributed by atoms with Crippen LogP contribution in [0.15, 0.2) is 0 Å². The molecule has 1 fully saturated rings. The van der Waals surface area contributed by atoms with Gasteiger partial charge in [-0.1, -0.05) is 19.8 Å². The van der Waals surface area contributed by atoms with Gasteiger partial charge in [-0.3, -0.25) is 9.69 Å². The molecule has 0 aromatic rings. The van der Waals surface area contributed by atoms with Crippen LogP contribution in [0.5, 0.6) is 0 Å². The Hall–Kier alpha value is -0.610. The third-order valence-electron chi connectivity index (χ3n) is 4.86. The summed E-state index contributed by atoms with van der Waals surface area (Å²) in [5.74, 6) is 1.04. The fourth-order valence-electron chi connectivity index (χ4n) is 3.37. The van der Waals surface area contributed by atoms with E-state index in [2.05, 4.69) is 18.9 Å². The summed E-state index contributed by atoms with van der Waals surface area (Å²) >= 11 is 0. The van der Waals surface area contributed by atoms with Gasteiger partial charge in [-0.25, -0.2) is 0 Å². The van der Waals surface area contributed by atoms with E-state index in [9.17, 15) is 4.79 Å². The van der Waals surface area contributed by atoms with Crippen LogP contribution in [0.25, 0.3) is 0 Å². The van der Waals surface area contributed by atoms with Gasteiger partial charge < -0.3 is 10.6 Å². The van der Waals surface area contributed by atoms with E-state index in [1.807, 2.05) is 18.7 Å². The van der Waals surface area contributed by atoms with Gasteiger partial charge in [0.05, 0.1) is 0 Å². The molecule has 0 saturated heterocycles. The molecule has 0 heterocycles. The molecular formula is C16H33N3O. The zero-order valence-electron chi connectivity index (χ0n) is 13.8. The molecular weight excluding hydrogens is 250 g/mol. The number of rotatable bonds is 7. The first-order valence-electron chi connectivity index (χ1n) is 8.23. The topological polar surface area (TPSA) is 49.6 Å². The Bertz CT molecular complexity index is 291. The molecule has 4 heteroatoms. The van der Waals surface area contributed by atoms with Crippen molar-refractivity contribution in [2.24, 2.45) is 11.7 Å². The molecule has 0 bridgehead atoms. The third kappa shape index (κ3) is 4.74. The molecule has 0 aromatic heterocycles. The molecule has 1 amide bonds. The number of carbonyl (C=O) groups excluding carboxylic acids is 1. The lowest BCUT2D eigenvalue weighted by Crippen LogP contribution is -2.48. The fraction of sp³-hybridized carbons (Fsp3) is 0.938. The van der Waals surface area contributed by atoms with Crippen LogP contribution in [0.2, 0.25) is 0 Å². The predicted molar refractivity (Wildman–Crippen MR) is 84.6 cm³/mol. The normalized spacial score (nSPS) is 24.7. The van der Waals surface area contributed by atoms with E-state index in [4.69, 9.17) is 5.73 Å². The predicted octanol–water partition coefficient (Wildman–Crippen LogP) is 2.08. The number of nitrogens with zero attached hydrogens (tertiary/aromatic N) is 2. The van der Waals surface area contributed by atoms with Crippen molar-refractivity contribution in [1.82, 2.24) is 9.80 Å². The highest BCUT2D eigenvalue weighted by atomic mass is 16.2. The lowest BCUT2D eigenvalue weighted by molar-refractivity contribution is -0.132. The van der Waals surface area contributed by atoms with Gasteiger partial charge in [0, 0.05) is 38.1 Å². The van der Waals surface area contributed by atoms with Crippen LogP contribution in [-0.4, -0.2) is 54.5 Å². The second-order valence-electron chi connectivity index (χ2n) is 6.25. The van der Waals surface area contributed by atoms with Crippen molar-refractivity contribution >= 4 is 5.91 Å². The van der Waals surface area contributed by atoms with Crippen molar-refractivity contribution in [2.45, 2.75) is 65.0 Å². The van der Waals surface area contributed by atoms with Gasteiger partial charge >= 0.3 is 0 Å². The van der Waals surface area contributed by atoms with Gasteiger partial charge in [-0.2, -0.15) is 0 Å². The van der Waals surface area contributed by atoms with E-state index in [0.29, 0.717) is 19.0 Å². The lowest BCUT2D eigenvalue weighted by Gasteiger charge is -2.39. The Balaban J connectivity index is 2.58. The molecule has 0 radical (unpaired) electrons. The number of hydrogen-bond acceptors (Lipinski definition) is 3. The summed E-state index contributed by atoms with van der Waals surface area (Å²) in [6.45, 7) is 8.54. The van der Waals surface area contributed by atoms with E-state index < -0.39 is 0 Å². The first-order valence-corrected chi connectivity index (χ1v) is 8.23. The largest absolute Gasteiger partial charge is 0.343 e. The first kappa shape index (κ1) is 17.4. The average molecular weight is 283 g/mol. The smallest absolute Gasteiger partial charge is 0.224 e. The van der Waals surface area contributed by atoms with E-state index in [-0.39, 0.29) is 11.9 Å². The number of nitrogens with two attached hydrogens (primary N) is 1. The van der Waals surface area contributed by atoms with Crippen molar-refractivity contribution in [3.8, 4) is 0 Å². The van der Waals surface area contributed by atoms with Crippen LogP contribution in [0.1, 0.15) is 52.9 Å². The Kier molecular flexibility index (Phi) is 7.52. The Morgan fingerprint density at radius 3 is 2.45 bits per heavy atom. The number of likely N-dealkylation sites (N-methyl/N-ethyl adjacent to an activating group) is 1. The second-order valence-corrected chi connectivity index (χ2v) is 6.25. The molecule has 118 valence electrons.